The van der Waals surface area contributed by atoms with Gasteiger partial charge in [-0.2, -0.15) is 0 Å². The van der Waals surface area contributed by atoms with Crippen molar-refractivity contribution < 1.29 is 0 Å². The smallest absolute Gasteiger partial charge is 0.229 e. The van der Waals surface area contributed by atoms with E-state index in [9.17, 15) is 0 Å². The summed E-state index contributed by atoms with van der Waals surface area (Å²) in [4.78, 5) is 9.07. The van der Waals surface area contributed by atoms with Crippen LogP contribution >= 0.6 is 11.6 Å². The standard InChI is InChI=1S/C15H10ClN5/c16-15-20-19-13-9-18-14(11-6-3-4-8-17-11)10-5-1-2-7-12(10)21(13)15/h1-8H,9H2. The Morgan fingerprint density at radius 2 is 1.86 bits per heavy atom. The Morgan fingerprint density at radius 1 is 1.00 bits per heavy atom. The predicted molar refractivity (Wildman–Crippen MR) is 79.9 cm³/mol. The number of nitrogens with zero attached hydrogens (tertiary/aromatic N) is 5. The molecule has 3 heterocycles. The van der Waals surface area contributed by atoms with Crippen LogP contribution in [-0.4, -0.2) is 25.5 Å². The van der Waals surface area contributed by atoms with E-state index in [1.165, 1.54) is 0 Å². The van der Waals surface area contributed by atoms with Gasteiger partial charge in [0.2, 0.25) is 5.28 Å². The van der Waals surface area contributed by atoms with Crippen LogP contribution in [0.2, 0.25) is 5.28 Å². The Morgan fingerprint density at radius 3 is 2.71 bits per heavy atom. The van der Waals surface area contributed by atoms with E-state index in [2.05, 4.69) is 20.2 Å². The number of benzene rings is 1. The zero-order valence-corrected chi connectivity index (χ0v) is 11.7. The van der Waals surface area contributed by atoms with Crippen LogP contribution in [0.5, 0.6) is 0 Å². The van der Waals surface area contributed by atoms with Gasteiger partial charge in [-0.05, 0) is 29.8 Å². The minimum Gasteiger partial charge on any atom is -0.274 e. The van der Waals surface area contributed by atoms with E-state index in [4.69, 9.17) is 11.6 Å². The molecule has 0 amide bonds. The summed E-state index contributed by atoms with van der Waals surface area (Å²) in [5, 5.41) is 8.37. The topological polar surface area (TPSA) is 56.0 Å². The predicted octanol–water partition coefficient (Wildman–Crippen LogP) is 2.67. The van der Waals surface area contributed by atoms with Gasteiger partial charge in [0.15, 0.2) is 5.82 Å². The molecule has 0 aliphatic carbocycles. The number of aliphatic imine (C=N–C) groups is 1. The SMILES string of the molecule is Clc1nnc2n1-c1ccccc1C(c1ccccn1)=NC2. The molecule has 0 radical (unpaired) electrons. The Bertz CT molecular complexity index is 838. The van der Waals surface area contributed by atoms with Crippen molar-refractivity contribution in [3.05, 3.63) is 71.0 Å². The Kier molecular flexibility index (Phi) is 2.79. The molecule has 3 aromatic rings. The van der Waals surface area contributed by atoms with E-state index in [1.54, 1.807) is 6.20 Å². The van der Waals surface area contributed by atoms with Gasteiger partial charge in [0.05, 0.1) is 17.1 Å². The first-order valence-electron chi connectivity index (χ1n) is 6.50. The van der Waals surface area contributed by atoms with E-state index in [-0.39, 0.29) is 0 Å². The number of para-hydroxylation sites is 1. The Balaban J connectivity index is 1.99. The Hall–Kier alpha value is -2.53. The van der Waals surface area contributed by atoms with Crippen LogP contribution in [0.1, 0.15) is 17.1 Å². The summed E-state index contributed by atoms with van der Waals surface area (Å²) in [6.07, 6.45) is 1.76. The first kappa shape index (κ1) is 12.2. The third-order valence-corrected chi connectivity index (χ3v) is 3.62. The van der Waals surface area contributed by atoms with Crippen molar-refractivity contribution in [1.29, 1.82) is 0 Å². The molecule has 0 N–H and O–H groups in total. The first-order valence-corrected chi connectivity index (χ1v) is 6.88. The average Bonchev–Trinajstić information content (AvgIpc) is 2.81. The lowest BCUT2D eigenvalue weighted by atomic mass is 10.0. The molecule has 4 rings (SSSR count). The molecule has 0 spiro atoms. The van der Waals surface area contributed by atoms with Crippen molar-refractivity contribution in [3.63, 3.8) is 0 Å². The van der Waals surface area contributed by atoms with E-state index in [0.29, 0.717) is 11.8 Å². The Labute approximate surface area is 126 Å². The summed E-state index contributed by atoms with van der Waals surface area (Å²) in [5.41, 5.74) is 3.56. The van der Waals surface area contributed by atoms with Gasteiger partial charge in [-0.1, -0.05) is 24.3 Å². The second-order valence-electron chi connectivity index (χ2n) is 4.62. The molecule has 0 unspecified atom stereocenters. The van der Waals surface area contributed by atoms with Crippen molar-refractivity contribution >= 4 is 17.3 Å². The number of rotatable bonds is 1. The van der Waals surface area contributed by atoms with Crippen LogP contribution in [0.15, 0.2) is 53.7 Å². The van der Waals surface area contributed by atoms with Crippen LogP contribution in [0, 0.1) is 0 Å². The lowest BCUT2D eigenvalue weighted by molar-refractivity contribution is 0.870. The lowest BCUT2D eigenvalue weighted by Gasteiger charge is -2.10. The fourth-order valence-electron chi connectivity index (χ4n) is 2.46. The van der Waals surface area contributed by atoms with Crippen molar-refractivity contribution in [2.45, 2.75) is 6.54 Å². The lowest BCUT2D eigenvalue weighted by Crippen LogP contribution is -2.08. The molecule has 0 saturated carbocycles. The van der Waals surface area contributed by atoms with Crippen LogP contribution in [0.25, 0.3) is 5.69 Å². The molecule has 6 heteroatoms. The monoisotopic (exact) mass is 295 g/mol. The average molecular weight is 296 g/mol. The molecule has 1 aliphatic rings. The quantitative estimate of drug-likeness (QED) is 0.693. The van der Waals surface area contributed by atoms with E-state index >= 15 is 0 Å². The maximum atomic E-state index is 6.17. The molecule has 2 aromatic heterocycles. The van der Waals surface area contributed by atoms with Gasteiger partial charge in [0.25, 0.3) is 0 Å². The zero-order chi connectivity index (χ0) is 14.2. The summed E-state index contributed by atoms with van der Waals surface area (Å²) in [7, 11) is 0. The number of aromatic nitrogens is 4. The van der Waals surface area contributed by atoms with Crippen molar-refractivity contribution in [3.8, 4) is 5.69 Å². The summed E-state index contributed by atoms with van der Waals surface area (Å²) < 4.78 is 1.83. The molecule has 21 heavy (non-hydrogen) atoms. The van der Waals surface area contributed by atoms with Crippen molar-refractivity contribution in [1.82, 2.24) is 19.7 Å². The fourth-order valence-corrected chi connectivity index (χ4v) is 2.69. The third kappa shape index (κ3) is 1.94. The van der Waals surface area contributed by atoms with E-state index < -0.39 is 0 Å². The van der Waals surface area contributed by atoms with Gasteiger partial charge in [-0.3, -0.25) is 14.5 Å². The summed E-state index contributed by atoms with van der Waals surface area (Å²) in [6, 6.07) is 13.7. The number of pyridine rings is 1. The molecule has 5 nitrogen and oxygen atoms in total. The van der Waals surface area contributed by atoms with Crippen LogP contribution in [0.4, 0.5) is 0 Å². The molecular weight excluding hydrogens is 286 g/mol. The number of hydrogen-bond acceptors (Lipinski definition) is 4. The van der Waals surface area contributed by atoms with Gasteiger partial charge >= 0.3 is 0 Å². The van der Waals surface area contributed by atoms with Gasteiger partial charge in [0, 0.05) is 11.8 Å². The van der Waals surface area contributed by atoms with Crippen LogP contribution in [0.3, 0.4) is 0 Å². The second kappa shape index (κ2) is 4.79. The fraction of sp³-hybridized carbons (Fsp3) is 0.0667. The zero-order valence-electron chi connectivity index (χ0n) is 10.9. The highest BCUT2D eigenvalue weighted by molar-refractivity contribution is 6.28. The van der Waals surface area contributed by atoms with Crippen LogP contribution < -0.4 is 0 Å². The van der Waals surface area contributed by atoms with Crippen molar-refractivity contribution in [2.24, 2.45) is 4.99 Å². The summed E-state index contributed by atoms with van der Waals surface area (Å²) in [5.74, 6) is 0.721. The summed E-state index contributed by atoms with van der Waals surface area (Å²) in [6.45, 7) is 0.417. The van der Waals surface area contributed by atoms with Gasteiger partial charge in [-0.15, -0.1) is 10.2 Å². The first-order chi connectivity index (χ1) is 10.3. The third-order valence-electron chi connectivity index (χ3n) is 3.38. The number of hydrogen-bond donors (Lipinski definition) is 0. The number of halogens is 1. The van der Waals surface area contributed by atoms with E-state index in [1.807, 2.05) is 47.0 Å². The normalized spacial score (nSPS) is 13.1. The highest BCUT2D eigenvalue weighted by Crippen LogP contribution is 2.26. The highest BCUT2D eigenvalue weighted by atomic mass is 35.5. The maximum Gasteiger partial charge on any atom is 0.229 e. The van der Waals surface area contributed by atoms with Gasteiger partial charge < -0.3 is 0 Å². The molecular formula is C15H10ClN5. The molecule has 0 saturated heterocycles. The molecule has 0 atom stereocenters. The largest absolute Gasteiger partial charge is 0.274 e. The maximum absolute atomic E-state index is 6.17. The number of fused-ring (bicyclic) bond motifs is 3. The second-order valence-corrected chi connectivity index (χ2v) is 4.96. The van der Waals surface area contributed by atoms with E-state index in [0.717, 1.165) is 28.5 Å². The van der Waals surface area contributed by atoms with Crippen molar-refractivity contribution in [2.75, 3.05) is 0 Å². The molecule has 102 valence electrons. The molecule has 1 aliphatic heterocycles. The van der Waals surface area contributed by atoms with Crippen LogP contribution in [-0.2, 0) is 6.54 Å². The highest BCUT2D eigenvalue weighted by Gasteiger charge is 2.22. The van der Waals surface area contributed by atoms with Gasteiger partial charge in [-0.25, -0.2) is 0 Å². The molecule has 1 aromatic carbocycles. The minimum absolute atomic E-state index is 0.343. The van der Waals surface area contributed by atoms with Gasteiger partial charge in [0.1, 0.15) is 6.54 Å². The molecule has 0 fully saturated rings. The summed E-state index contributed by atoms with van der Waals surface area (Å²) >= 11 is 6.17. The molecule has 0 bridgehead atoms. The minimum atomic E-state index is 0.343.